The Morgan fingerprint density at radius 2 is 1.64 bits per heavy atom. The van der Waals surface area contributed by atoms with E-state index in [2.05, 4.69) is 38.9 Å². The molecule has 7 aliphatic rings. The number of piperidine rings is 1. The van der Waals surface area contributed by atoms with Crippen LogP contribution in [0.25, 0.3) is 0 Å². The smallest absolute Gasteiger partial charge is 0.245 e. The molecule has 4 N–H and O–H groups in total. The number of nitrogens with two attached hydrogens (primary N) is 1. The lowest BCUT2D eigenvalue weighted by Crippen LogP contribution is -2.64. The number of nitrogens with one attached hydrogen (secondary N) is 2. The van der Waals surface area contributed by atoms with Crippen LogP contribution in [0.1, 0.15) is 77.0 Å². The van der Waals surface area contributed by atoms with Gasteiger partial charge >= 0.3 is 0 Å². The average molecular weight is 609 g/mol. The molecule has 5 saturated heterocycles. The van der Waals surface area contributed by atoms with Crippen molar-refractivity contribution in [2.45, 2.75) is 120 Å². The van der Waals surface area contributed by atoms with Crippen LogP contribution in [0.5, 0.6) is 0 Å². The highest BCUT2D eigenvalue weighted by atomic mass is 16.5. The van der Waals surface area contributed by atoms with Crippen LogP contribution in [0.15, 0.2) is 12.7 Å². The topological polar surface area (TPSA) is 95.3 Å². The molecule has 6 atom stereocenters. The van der Waals surface area contributed by atoms with E-state index < -0.39 is 0 Å². The summed E-state index contributed by atoms with van der Waals surface area (Å²) in [5.41, 5.74) is 6.90. The molecule has 0 spiro atoms. The summed E-state index contributed by atoms with van der Waals surface area (Å²) in [4.78, 5) is 19.2. The summed E-state index contributed by atoms with van der Waals surface area (Å²) in [6.45, 7) is 9.80. The molecule has 9 heteroatoms. The maximum absolute atomic E-state index is 12.0. The van der Waals surface area contributed by atoms with Crippen molar-refractivity contribution in [1.29, 1.82) is 0 Å². The Morgan fingerprint density at radius 3 is 2.34 bits per heavy atom. The lowest BCUT2D eigenvalue weighted by Gasteiger charge is -2.45. The van der Waals surface area contributed by atoms with Crippen molar-refractivity contribution in [3.05, 3.63) is 12.7 Å². The Morgan fingerprint density at radius 1 is 0.886 bits per heavy atom. The van der Waals surface area contributed by atoms with E-state index in [0.717, 1.165) is 65.3 Å². The average Bonchev–Trinajstić information content (AvgIpc) is 3.68. The van der Waals surface area contributed by atoms with Gasteiger partial charge in [0, 0.05) is 63.4 Å². The Labute approximate surface area is 265 Å². The number of carbonyl (C=O) groups excluding carboxylic acids is 1. The number of fused-ring (bicyclic) bond motifs is 1. The van der Waals surface area contributed by atoms with E-state index in [9.17, 15) is 4.79 Å². The minimum atomic E-state index is -0.0166. The molecule has 0 bridgehead atoms. The first-order valence-corrected chi connectivity index (χ1v) is 18.0. The minimum absolute atomic E-state index is 0.0166. The molecule has 1 amide bonds. The van der Waals surface area contributed by atoms with Gasteiger partial charge in [0.2, 0.25) is 5.91 Å². The Kier molecular flexibility index (Phi) is 9.96. The highest BCUT2D eigenvalue weighted by molar-refractivity contribution is 5.87. The molecule has 5 aliphatic heterocycles. The van der Waals surface area contributed by atoms with Crippen LogP contribution in [0.2, 0.25) is 0 Å². The van der Waals surface area contributed by atoms with E-state index >= 15 is 0 Å². The number of rotatable bonds is 6. The maximum atomic E-state index is 12.0. The molecular weight excluding hydrogens is 552 g/mol. The van der Waals surface area contributed by atoms with E-state index in [1.807, 2.05) is 4.90 Å². The summed E-state index contributed by atoms with van der Waals surface area (Å²) in [7, 11) is 0. The molecule has 7 fully saturated rings. The van der Waals surface area contributed by atoms with E-state index in [1.54, 1.807) is 0 Å². The quantitative estimate of drug-likeness (QED) is 0.313. The number of likely N-dealkylation sites (tertiary alicyclic amines) is 3. The molecule has 2 aliphatic carbocycles. The summed E-state index contributed by atoms with van der Waals surface area (Å²) in [6, 6.07) is 1.17. The Hall–Kier alpha value is -1.51. The third-order valence-corrected chi connectivity index (χ3v) is 12.2. The standard InChI is InChI=1S/C35H56N6O3/c1-2-31(42)39-17-14-26(15-18-39)40-20-24(21-40)8-13-30-32(25-9-11-29(12-10-25)44-28-6-4-3-5-7-28)33-34(36)37-23-38-35(33)41(30)27-16-19-43-22-27/h2,24-30,32-35,37-38H,1,3-7,9-12,14-23,36H2. The van der Waals surface area contributed by atoms with Crippen LogP contribution in [0.3, 0.4) is 0 Å². The molecule has 7 rings (SSSR count). The first kappa shape index (κ1) is 31.1. The molecule has 44 heavy (non-hydrogen) atoms. The third kappa shape index (κ3) is 6.51. The van der Waals surface area contributed by atoms with Crippen molar-refractivity contribution in [3.63, 3.8) is 0 Å². The summed E-state index contributed by atoms with van der Waals surface area (Å²) < 4.78 is 12.6. The van der Waals surface area contributed by atoms with E-state index in [0.29, 0.717) is 48.0 Å². The number of nitrogens with zero attached hydrogens (tertiary/aromatic N) is 3. The zero-order valence-electron chi connectivity index (χ0n) is 26.7. The molecular formula is C35H56N6O3. The van der Waals surface area contributed by atoms with Gasteiger partial charge in [-0.1, -0.05) is 37.7 Å². The highest BCUT2D eigenvalue weighted by Gasteiger charge is 2.56. The Bertz CT molecular complexity index is 1040. The maximum Gasteiger partial charge on any atom is 0.245 e. The van der Waals surface area contributed by atoms with Crippen molar-refractivity contribution in [2.75, 3.05) is 46.1 Å². The second-order valence-electron chi connectivity index (χ2n) is 14.8. The summed E-state index contributed by atoms with van der Waals surface area (Å²) in [5.74, 6) is 9.64. The number of carbonyl (C=O) groups is 1. The predicted octanol–water partition coefficient (Wildman–Crippen LogP) is 2.47. The molecule has 9 nitrogen and oxygen atoms in total. The van der Waals surface area contributed by atoms with Crippen LogP contribution >= 0.6 is 0 Å². The fourth-order valence-corrected chi connectivity index (χ4v) is 9.81. The van der Waals surface area contributed by atoms with Crippen molar-refractivity contribution in [2.24, 2.45) is 29.4 Å². The SMILES string of the molecule is C=CC(=O)N1CCC(N2CC(C#CC3C(C4CCC(OC5CCCCC5)CC4)C4C(N)NCNC4N3C3CCOC3)C2)CC1. The third-order valence-electron chi connectivity index (χ3n) is 12.2. The molecule has 0 aromatic rings. The van der Waals surface area contributed by atoms with E-state index in [4.69, 9.17) is 15.2 Å². The number of hydrogen-bond donors (Lipinski definition) is 3. The second-order valence-corrected chi connectivity index (χ2v) is 14.8. The van der Waals surface area contributed by atoms with Gasteiger partial charge < -0.3 is 20.1 Å². The van der Waals surface area contributed by atoms with Gasteiger partial charge in [-0.3, -0.25) is 25.2 Å². The predicted molar refractivity (Wildman–Crippen MR) is 171 cm³/mol. The zero-order chi connectivity index (χ0) is 30.0. The molecule has 6 unspecified atom stereocenters. The highest BCUT2D eigenvalue weighted by Crippen LogP contribution is 2.47. The number of hydrogen-bond acceptors (Lipinski definition) is 8. The van der Waals surface area contributed by atoms with Crippen LogP contribution in [0.4, 0.5) is 0 Å². The van der Waals surface area contributed by atoms with Crippen molar-refractivity contribution in [1.82, 2.24) is 25.3 Å². The first-order chi connectivity index (χ1) is 21.6. The van der Waals surface area contributed by atoms with Crippen LogP contribution in [-0.4, -0.2) is 109 Å². The van der Waals surface area contributed by atoms with Crippen LogP contribution < -0.4 is 16.4 Å². The summed E-state index contributed by atoms with van der Waals surface area (Å²) in [5, 5.41) is 7.39. The fraction of sp³-hybridized carbons (Fsp3) is 0.857. The van der Waals surface area contributed by atoms with Crippen molar-refractivity contribution in [3.8, 4) is 11.8 Å². The molecule has 0 radical (unpaired) electrons. The first-order valence-electron chi connectivity index (χ1n) is 18.0. The number of amides is 1. The van der Waals surface area contributed by atoms with Gasteiger partial charge in [-0.15, -0.1) is 0 Å². The van der Waals surface area contributed by atoms with Gasteiger partial charge in [-0.25, -0.2) is 0 Å². The summed E-state index contributed by atoms with van der Waals surface area (Å²) >= 11 is 0. The van der Waals surface area contributed by atoms with Gasteiger partial charge in [-0.05, 0) is 75.7 Å². The number of ether oxygens (including phenoxy) is 2. The monoisotopic (exact) mass is 608 g/mol. The van der Waals surface area contributed by atoms with Gasteiger partial charge in [0.15, 0.2) is 0 Å². The zero-order valence-corrected chi connectivity index (χ0v) is 26.7. The molecule has 0 aromatic carbocycles. The largest absolute Gasteiger partial charge is 0.380 e. The molecule has 0 aromatic heterocycles. The van der Waals surface area contributed by atoms with Crippen molar-refractivity contribution >= 4 is 5.91 Å². The molecule has 5 heterocycles. The van der Waals surface area contributed by atoms with Gasteiger partial charge in [0.25, 0.3) is 0 Å². The Balaban J connectivity index is 1.03. The summed E-state index contributed by atoms with van der Waals surface area (Å²) in [6.07, 6.45) is 17.1. The van der Waals surface area contributed by atoms with Gasteiger partial charge in [-0.2, -0.15) is 0 Å². The van der Waals surface area contributed by atoms with Gasteiger partial charge in [0.1, 0.15) is 0 Å². The molecule has 244 valence electrons. The molecule has 2 saturated carbocycles. The lowest BCUT2D eigenvalue weighted by atomic mass is 9.70. The minimum Gasteiger partial charge on any atom is -0.380 e. The van der Waals surface area contributed by atoms with Crippen LogP contribution in [-0.2, 0) is 14.3 Å². The van der Waals surface area contributed by atoms with E-state index in [1.165, 1.54) is 63.9 Å². The van der Waals surface area contributed by atoms with Crippen molar-refractivity contribution < 1.29 is 14.3 Å². The normalized spacial score (nSPS) is 39.8. The van der Waals surface area contributed by atoms with E-state index in [-0.39, 0.29) is 24.3 Å². The lowest BCUT2D eigenvalue weighted by molar-refractivity contribution is -0.127. The second kappa shape index (κ2) is 14.1. The van der Waals surface area contributed by atoms with Gasteiger partial charge in [0.05, 0.1) is 37.2 Å². The van der Waals surface area contributed by atoms with Crippen LogP contribution in [0, 0.1) is 35.5 Å². The fourth-order valence-electron chi connectivity index (χ4n) is 9.81.